The van der Waals surface area contributed by atoms with E-state index < -0.39 is 0 Å². The average molecular weight is 251 g/mol. The molecule has 0 saturated heterocycles. The molecule has 4 heteroatoms. The minimum absolute atomic E-state index is 0.618. The molecule has 0 fully saturated rings. The van der Waals surface area contributed by atoms with Gasteiger partial charge in [0.25, 0.3) is 0 Å². The summed E-state index contributed by atoms with van der Waals surface area (Å²) in [5, 5.41) is 3.91. The van der Waals surface area contributed by atoms with Crippen LogP contribution >= 0.6 is 11.6 Å². The molecule has 1 heterocycles. The van der Waals surface area contributed by atoms with E-state index in [1.807, 2.05) is 32.0 Å². The van der Waals surface area contributed by atoms with Gasteiger partial charge in [0.2, 0.25) is 0 Å². The van der Waals surface area contributed by atoms with Gasteiger partial charge < -0.3 is 15.5 Å². The van der Waals surface area contributed by atoms with E-state index in [1.54, 1.807) is 6.26 Å². The van der Waals surface area contributed by atoms with E-state index in [2.05, 4.69) is 5.32 Å². The molecule has 3 N–H and O–H groups in total. The van der Waals surface area contributed by atoms with Crippen molar-refractivity contribution in [1.29, 1.82) is 0 Å². The molecular formula is C13H15ClN2O. The fourth-order valence-electron chi connectivity index (χ4n) is 1.67. The Hall–Kier alpha value is -1.61. The Kier molecular flexibility index (Phi) is 3.29. The topological polar surface area (TPSA) is 51.2 Å². The van der Waals surface area contributed by atoms with Gasteiger partial charge in [-0.15, -0.1) is 0 Å². The first-order valence-electron chi connectivity index (χ1n) is 5.41. The lowest BCUT2D eigenvalue weighted by molar-refractivity contribution is 0.518. The fraction of sp³-hybridized carbons (Fsp3) is 0.231. The van der Waals surface area contributed by atoms with Crippen molar-refractivity contribution < 1.29 is 4.42 Å². The molecule has 17 heavy (non-hydrogen) atoms. The third-order valence-electron chi connectivity index (χ3n) is 2.79. The summed E-state index contributed by atoms with van der Waals surface area (Å²) in [6.45, 7) is 4.52. The van der Waals surface area contributed by atoms with Crippen LogP contribution in [0.5, 0.6) is 0 Å². The predicted octanol–water partition coefficient (Wildman–Crippen LogP) is 3.74. The highest BCUT2D eigenvalue weighted by Crippen LogP contribution is 2.32. The highest BCUT2D eigenvalue weighted by molar-refractivity contribution is 6.34. The second-order valence-electron chi connectivity index (χ2n) is 4.03. The molecule has 0 atom stereocenters. The monoisotopic (exact) mass is 250 g/mol. The van der Waals surface area contributed by atoms with Crippen LogP contribution in [0, 0.1) is 13.8 Å². The van der Waals surface area contributed by atoms with E-state index in [4.69, 9.17) is 21.8 Å². The number of rotatable bonds is 3. The van der Waals surface area contributed by atoms with Crippen molar-refractivity contribution >= 4 is 23.0 Å². The van der Waals surface area contributed by atoms with Gasteiger partial charge in [-0.1, -0.05) is 11.6 Å². The second-order valence-corrected chi connectivity index (χ2v) is 4.40. The van der Waals surface area contributed by atoms with Gasteiger partial charge in [-0.3, -0.25) is 0 Å². The number of nitrogens with one attached hydrogen (secondary N) is 1. The zero-order chi connectivity index (χ0) is 12.4. The van der Waals surface area contributed by atoms with E-state index in [0.29, 0.717) is 17.3 Å². The molecule has 2 rings (SSSR count). The summed E-state index contributed by atoms with van der Waals surface area (Å²) in [5.74, 6) is 0.884. The van der Waals surface area contributed by atoms with Gasteiger partial charge >= 0.3 is 0 Å². The maximum absolute atomic E-state index is 6.16. The van der Waals surface area contributed by atoms with Crippen molar-refractivity contribution in [3.8, 4) is 0 Å². The van der Waals surface area contributed by atoms with Crippen molar-refractivity contribution in [3.05, 3.63) is 46.4 Å². The number of hydrogen-bond donors (Lipinski definition) is 2. The minimum Gasteiger partial charge on any atom is -0.467 e. The molecule has 2 aromatic rings. The summed E-state index contributed by atoms with van der Waals surface area (Å²) < 4.78 is 5.26. The third-order valence-corrected chi connectivity index (χ3v) is 3.28. The first-order chi connectivity index (χ1) is 8.09. The Morgan fingerprint density at radius 2 is 2.18 bits per heavy atom. The molecule has 0 saturated carbocycles. The molecule has 0 spiro atoms. The maximum Gasteiger partial charge on any atom is 0.122 e. The standard InChI is InChI=1S/C13H15ClN2O/c1-8-6-11(9(2)12(14)13(8)15)16-7-10-4-3-5-17-10/h3-6,16H,7,15H2,1-2H3. The highest BCUT2D eigenvalue weighted by Gasteiger charge is 2.09. The van der Waals surface area contributed by atoms with Gasteiger partial charge in [0.15, 0.2) is 0 Å². The van der Waals surface area contributed by atoms with Crippen molar-refractivity contribution in [3.63, 3.8) is 0 Å². The van der Waals surface area contributed by atoms with Gasteiger partial charge in [-0.2, -0.15) is 0 Å². The normalized spacial score (nSPS) is 10.5. The van der Waals surface area contributed by atoms with Crippen molar-refractivity contribution in [2.24, 2.45) is 0 Å². The number of halogens is 1. The van der Waals surface area contributed by atoms with Gasteiger partial charge in [0, 0.05) is 5.69 Å². The number of anilines is 2. The molecular weight excluding hydrogens is 236 g/mol. The van der Waals surface area contributed by atoms with E-state index in [-0.39, 0.29) is 0 Å². The molecule has 0 aliphatic heterocycles. The molecule has 0 radical (unpaired) electrons. The number of nitrogens with two attached hydrogens (primary N) is 1. The van der Waals surface area contributed by atoms with Gasteiger partial charge in [0.1, 0.15) is 5.76 Å². The largest absolute Gasteiger partial charge is 0.467 e. The van der Waals surface area contributed by atoms with Crippen molar-refractivity contribution in [2.75, 3.05) is 11.1 Å². The van der Waals surface area contributed by atoms with E-state index >= 15 is 0 Å². The summed E-state index contributed by atoms with van der Waals surface area (Å²) in [5.41, 5.74) is 9.43. The lowest BCUT2D eigenvalue weighted by atomic mass is 10.1. The summed E-state index contributed by atoms with van der Waals surface area (Å²) in [6, 6.07) is 5.79. The van der Waals surface area contributed by atoms with Crippen LogP contribution in [0.25, 0.3) is 0 Å². The average Bonchev–Trinajstić information content (AvgIpc) is 2.82. The number of nitrogen functional groups attached to an aromatic ring is 1. The number of hydrogen-bond acceptors (Lipinski definition) is 3. The lowest BCUT2D eigenvalue weighted by Gasteiger charge is -2.13. The number of aryl methyl sites for hydroxylation is 1. The zero-order valence-corrected chi connectivity index (χ0v) is 10.6. The Labute approximate surface area is 106 Å². The predicted molar refractivity (Wildman–Crippen MR) is 71.4 cm³/mol. The third kappa shape index (κ3) is 2.39. The van der Waals surface area contributed by atoms with E-state index in [0.717, 1.165) is 22.6 Å². The van der Waals surface area contributed by atoms with Crippen LogP contribution in [0.1, 0.15) is 16.9 Å². The molecule has 1 aromatic heterocycles. The molecule has 0 amide bonds. The molecule has 0 unspecified atom stereocenters. The second kappa shape index (κ2) is 4.72. The summed E-state index contributed by atoms with van der Waals surface area (Å²) >= 11 is 6.16. The van der Waals surface area contributed by atoms with Crippen molar-refractivity contribution in [1.82, 2.24) is 0 Å². The Morgan fingerprint density at radius 3 is 2.82 bits per heavy atom. The molecule has 0 aliphatic rings. The zero-order valence-electron chi connectivity index (χ0n) is 9.88. The molecule has 0 bridgehead atoms. The van der Waals surface area contributed by atoms with Crippen LogP contribution < -0.4 is 11.1 Å². The molecule has 1 aromatic carbocycles. The highest BCUT2D eigenvalue weighted by atomic mass is 35.5. The Balaban J connectivity index is 2.22. The van der Waals surface area contributed by atoms with Crippen LogP contribution in [0.2, 0.25) is 5.02 Å². The molecule has 3 nitrogen and oxygen atoms in total. The van der Waals surface area contributed by atoms with Crippen LogP contribution in [0.4, 0.5) is 11.4 Å². The summed E-state index contributed by atoms with van der Waals surface area (Å²) in [6.07, 6.45) is 1.66. The first-order valence-corrected chi connectivity index (χ1v) is 5.79. The summed E-state index contributed by atoms with van der Waals surface area (Å²) in [4.78, 5) is 0. The van der Waals surface area contributed by atoms with Crippen molar-refractivity contribution in [2.45, 2.75) is 20.4 Å². The van der Waals surface area contributed by atoms with E-state index in [9.17, 15) is 0 Å². The van der Waals surface area contributed by atoms with Gasteiger partial charge in [-0.05, 0) is 43.2 Å². The van der Waals surface area contributed by atoms with Crippen LogP contribution in [0.15, 0.2) is 28.9 Å². The van der Waals surface area contributed by atoms with E-state index in [1.165, 1.54) is 0 Å². The SMILES string of the molecule is Cc1cc(NCc2ccco2)c(C)c(Cl)c1N. The van der Waals surface area contributed by atoms with Gasteiger partial charge in [0.05, 0.1) is 23.5 Å². The fourth-order valence-corrected chi connectivity index (χ4v) is 1.93. The quantitative estimate of drug-likeness (QED) is 0.816. The van der Waals surface area contributed by atoms with Crippen LogP contribution in [-0.4, -0.2) is 0 Å². The van der Waals surface area contributed by atoms with Crippen LogP contribution in [-0.2, 0) is 6.54 Å². The smallest absolute Gasteiger partial charge is 0.122 e. The lowest BCUT2D eigenvalue weighted by Crippen LogP contribution is -2.03. The Morgan fingerprint density at radius 1 is 1.41 bits per heavy atom. The number of benzene rings is 1. The molecule has 0 aliphatic carbocycles. The Bertz CT molecular complexity index is 521. The maximum atomic E-state index is 6.16. The number of furan rings is 1. The first kappa shape index (κ1) is 11.9. The molecule has 90 valence electrons. The minimum atomic E-state index is 0.618. The van der Waals surface area contributed by atoms with Crippen LogP contribution in [0.3, 0.4) is 0 Å². The van der Waals surface area contributed by atoms with Gasteiger partial charge in [-0.25, -0.2) is 0 Å². The summed E-state index contributed by atoms with van der Waals surface area (Å²) in [7, 11) is 0.